The molecule has 0 saturated heterocycles. The molecule has 0 aliphatic carbocycles. The SMILES string of the molecule is CCCCCCCCCCCCCCCCCCCCCC(=O)OC[C@H](COP(=O)(O)OCC[N+](C)(C)C)OC(=O)CCC/C=C\C/C=C\C/C=C\C/C=C\CC[C@H](O)CC. The third kappa shape index (κ3) is 45.8. The van der Waals surface area contributed by atoms with E-state index in [2.05, 4.69) is 49.5 Å². The van der Waals surface area contributed by atoms with Crippen molar-refractivity contribution < 1.29 is 47.2 Å². The van der Waals surface area contributed by atoms with E-state index in [0.717, 1.165) is 57.8 Å². The molecule has 61 heavy (non-hydrogen) atoms. The van der Waals surface area contributed by atoms with E-state index >= 15 is 0 Å². The minimum Gasteiger partial charge on any atom is -0.462 e. The van der Waals surface area contributed by atoms with Gasteiger partial charge in [-0.1, -0.05) is 178 Å². The van der Waals surface area contributed by atoms with E-state index in [0.29, 0.717) is 23.9 Å². The number of ether oxygens (including phenoxy) is 2. The fraction of sp³-hybridized carbons (Fsp3) is 0.800. The summed E-state index contributed by atoms with van der Waals surface area (Å²) in [6.07, 6.45) is 46.8. The minimum absolute atomic E-state index is 0.0151. The number of esters is 2. The molecule has 0 fully saturated rings. The number of nitrogens with zero attached hydrogens (tertiary/aromatic N) is 1. The first-order valence-electron chi connectivity index (χ1n) is 24.4. The lowest BCUT2D eigenvalue weighted by molar-refractivity contribution is -0.870. The van der Waals surface area contributed by atoms with Crippen LogP contribution in [0.4, 0.5) is 0 Å². The van der Waals surface area contributed by atoms with Crippen molar-refractivity contribution in [2.24, 2.45) is 0 Å². The second kappa shape index (κ2) is 41.9. The van der Waals surface area contributed by atoms with Crippen LogP contribution in [0.1, 0.15) is 200 Å². The normalized spacial score (nSPS) is 14.4. The summed E-state index contributed by atoms with van der Waals surface area (Å²) in [4.78, 5) is 35.4. The van der Waals surface area contributed by atoms with Gasteiger partial charge in [-0.15, -0.1) is 0 Å². The second-order valence-electron chi connectivity index (χ2n) is 17.6. The maximum absolute atomic E-state index is 12.7. The lowest BCUT2D eigenvalue weighted by Gasteiger charge is -2.24. The molecule has 0 radical (unpaired) electrons. The molecule has 10 nitrogen and oxygen atoms in total. The van der Waals surface area contributed by atoms with Gasteiger partial charge in [0.2, 0.25) is 0 Å². The highest BCUT2D eigenvalue weighted by molar-refractivity contribution is 7.47. The highest BCUT2D eigenvalue weighted by Gasteiger charge is 2.27. The topological polar surface area (TPSA) is 129 Å². The molecule has 0 aliphatic rings. The van der Waals surface area contributed by atoms with Gasteiger partial charge in [0, 0.05) is 12.8 Å². The molecule has 0 bridgehead atoms. The van der Waals surface area contributed by atoms with E-state index in [1.165, 1.54) is 103 Å². The maximum Gasteiger partial charge on any atom is 0.472 e. The quantitative estimate of drug-likeness (QED) is 0.0202. The van der Waals surface area contributed by atoms with Crippen LogP contribution in [0.2, 0.25) is 0 Å². The summed E-state index contributed by atoms with van der Waals surface area (Å²) in [5.74, 6) is -0.877. The average Bonchev–Trinajstić information content (AvgIpc) is 3.21. The third-order valence-electron chi connectivity index (χ3n) is 10.5. The molecule has 0 saturated carbocycles. The van der Waals surface area contributed by atoms with E-state index in [1.807, 2.05) is 34.1 Å². The summed E-state index contributed by atoms with van der Waals surface area (Å²) in [6, 6.07) is 0. The molecular formula is C50H93NO9P+. The highest BCUT2D eigenvalue weighted by atomic mass is 31.2. The lowest BCUT2D eigenvalue weighted by atomic mass is 10.0. The van der Waals surface area contributed by atoms with Gasteiger partial charge in [-0.05, 0) is 57.8 Å². The summed E-state index contributed by atoms with van der Waals surface area (Å²) >= 11 is 0. The molecule has 3 atom stereocenters. The van der Waals surface area contributed by atoms with Gasteiger partial charge >= 0.3 is 19.8 Å². The molecule has 356 valence electrons. The summed E-state index contributed by atoms with van der Waals surface area (Å²) in [5.41, 5.74) is 0. The Labute approximate surface area is 374 Å². The Hall–Kier alpha value is -2.07. The Balaban J connectivity index is 4.36. The summed E-state index contributed by atoms with van der Waals surface area (Å²) < 4.78 is 34.3. The number of carbonyl (C=O) groups excluding carboxylic acids is 2. The summed E-state index contributed by atoms with van der Waals surface area (Å²) in [5, 5.41) is 9.58. The van der Waals surface area contributed by atoms with Crippen LogP contribution in [0.5, 0.6) is 0 Å². The van der Waals surface area contributed by atoms with E-state index in [1.54, 1.807) is 0 Å². The number of phosphoric ester groups is 1. The van der Waals surface area contributed by atoms with Gasteiger partial charge in [0.25, 0.3) is 0 Å². The number of phosphoric acid groups is 1. The largest absolute Gasteiger partial charge is 0.472 e. The van der Waals surface area contributed by atoms with Crippen LogP contribution < -0.4 is 0 Å². The van der Waals surface area contributed by atoms with Crippen LogP contribution in [0.3, 0.4) is 0 Å². The van der Waals surface area contributed by atoms with Crippen molar-refractivity contribution in [2.45, 2.75) is 212 Å². The van der Waals surface area contributed by atoms with Crippen molar-refractivity contribution in [1.29, 1.82) is 0 Å². The summed E-state index contributed by atoms with van der Waals surface area (Å²) in [7, 11) is 1.42. The predicted molar refractivity (Wildman–Crippen MR) is 253 cm³/mol. The van der Waals surface area contributed by atoms with E-state index in [9.17, 15) is 24.2 Å². The van der Waals surface area contributed by atoms with Crippen LogP contribution >= 0.6 is 7.82 Å². The van der Waals surface area contributed by atoms with Gasteiger partial charge < -0.3 is 24.0 Å². The molecule has 0 heterocycles. The second-order valence-corrected chi connectivity index (χ2v) is 19.1. The number of hydrogen-bond donors (Lipinski definition) is 2. The molecule has 0 aromatic carbocycles. The van der Waals surface area contributed by atoms with Gasteiger partial charge in [0.05, 0.1) is 33.9 Å². The van der Waals surface area contributed by atoms with E-state index in [4.69, 9.17) is 18.5 Å². The lowest BCUT2D eigenvalue weighted by Crippen LogP contribution is -2.37. The number of unbranched alkanes of at least 4 members (excludes halogenated alkanes) is 19. The Bertz CT molecular complexity index is 1200. The fourth-order valence-corrected chi connectivity index (χ4v) is 7.26. The number of aliphatic hydroxyl groups excluding tert-OH is 1. The number of quaternary nitrogens is 1. The summed E-state index contributed by atoms with van der Waals surface area (Å²) in [6.45, 7) is 4.09. The number of likely N-dealkylation sites (N-methyl/N-ethyl adjacent to an activating group) is 1. The maximum atomic E-state index is 12.7. The zero-order valence-corrected chi connectivity index (χ0v) is 40.6. The zero-order chi connectivity index (χ0) is 45.1. The third-order valence-corrected chi connectivity index (χ3v) is 11.5. The van der Waals surface area contributed by atoms with Crippen molar-refractivity contribution >= 4 is 19.8 Å². The first-order chi connectivity index (χ1) is 29.4. The van der Waals surface area contributed by atoms with Crippen molar-refractivity contribution in [3.8, 4) is 0 Å². The molecule has 0 aromatic heterocycles. The van der Waals surface area contributed by atoms with E-state index < -0.39 is 26.5 Å². The van der Waals surface area contributed by atoms with Crippen molar-refractivity contribution in [2.75, 3.05) is 47.5 Å². The van der Waals surface area contributed by atoms with Crippen LogP contribution in [0.25, 0.3) is 0 Å². The van der Waals surface area contributed by atoms with Crippen molar-refractivity contribution in [3.05, 3.63) is 48.6 Å². The fourth-order valence-electron chi connectivity index (χ4n) is 6.52. The number of hydrogen-bond acceptors (Lipinski definition) is 8. The Kier molecular flexibility index (Phi) is 40.5. The molecule has 11 heteroatoms. The highest BCUT2D eigenvalue weighted by Crippen LogP contribution is 2.43. The molecule has 0 aliphatic heterocycles. The van der Waals surface area contributed by atoms with Crippen molar-refractivity contribution in [3.63, 3.8) is 0 Å². The van der Waals surface area contributed by atoms with Crippen molar-refractivity contribution in [1.82, 2.24) is 0 Å². The van der Waals surface area contributed by atoms with Gasteiger partial charge in [0.1, 0.15) is 19.8 Å². The molecule has 0 rings (SSSR count). The minimum atomic E-state index is -4.40. The predicted octanol–water partition coefficient (Wildman–Crippen LogP) is 13.2. The van der Waals surface area contributed by atoms with Gasteiger partial charge in [-0.2, -0.15) is 0 Å². The van der Waals surface area contributed by atoms with E-state index in [-0.39, 0.29) is 38.1 Å². The first kappa shape index (κ1) is 58.9. The zero-order valence-electron chi connectivity index (χ0n) is 39.8. The average molecular weight is 883 g/mol. The van der Waals surface area contributed by atoms with Gasteiger partial charge in [0.15, 0.2) is 6.10 Å². The Morgan fingerprint density at radius 1 is 0.574 bits per heavy atom. The van der Waals surface area contributed by atoms with Crippen LogP contribution in [0.15, 0.2) is 48.6 Å². The smallest absolute Gasteiger partial charge is 0.462 e. The number of rotatable bonds is 44. The van der Waals surface area contributed by atoms with Crippen LogP contribution in [0, 0.1) is 0 Å². The Morgan fingerprint density at radius 3 is 1.49 bits per heavy atom. The molecule has 2 N–H and O–H groups in total. The molecular weight excluding hydrogens is 790 g/mol. The molecule has 0 amide bonds. The van der Waals surface area contributed by atoms with Gasteiger partial charge in [-0.3, -0.25) is 18.6 Å². The van der Waals surface area contributed by atoms with Crippen LogP contribution in [-0.4, -0.2) is 86.1 Å². The number of allylic oxidation sites excluding steroid dienone is 8. The molecule has 0 spiro atoms. The number of aliphatic hydroxyl groups is 1. The number of carbonyl (C=O) groups is 2. The monoisotopic (exact) mass is 883 g/mol. The molecule has 0 aromatic rings. The van der Waals surface area contributed by atoms with Crippen LogP contribution in [-0.2, 0) is 32.7 Å². The Morgan fingerprint density at radius 2 is 1.02 bits per heavy atom. The first-order valence-corrected chi connectivity index (χ1v) is 25.9. The van der Waals surface area contributed by atoms with Gasteiger partial charge in [-0.25, -0.2) is 4.57 Å². The standard InChI is InChI=1S/C50H92NO9P/c1-6-8-9-10-11-12-13-14-15-16-17-18-19-23-26-29-32-35-38-41-49(53)57-45-48(46-59-61(55,56)58-44-43-51(3,4)5)60-50(54)42-39-36-33-30-27-24-21-20-22-25-28-31-34-37-40-47(52)7-2/h21-22,24-25,30-31,33-34,47-48,52H,6-20,23,26-29,32,35-46H2,1-5H3/p+1/b24-21-,25-22-,33-30-,34-31-/t47-,48-/m1/s1. The molecule has 1 unspecified atom stereocenters.